The number of carbonyl (C=O) groups is 2. The molecule has 2 aliphatic heterocycles. The van der Waals surface area contributed by atoms with Gasteiger partial charge in [0.1, 0.15) is 12.7 Å². The maximum Gasteiger partial charge on any atom is 0.333 e. The van der Waals surface area contributed by atoms with Crippen molar-refractivity contribution in [2.45, 2.75) is 38.7 Å². The topological polar surface area (TPSA) is 59.1 Å². The number of likely N-dealkylation sites (tertiary alicyclic amines) is 1. The lowest BCUT2D eigenvalue weighted by Crippen LogP contribution is -2.23. The molecule has 0 saturated carbocycles. The SMILES string of the molecule is C=C(C)C(=O)OCC1CO1.C=CN1CCCCCC1=O. The number of epoxide rings is 1. The Hall–Kier alpha value is -1.62. The molecule has 1 unspecified atom stereocenters. The number of ether oxygens (including phenoxy) is 2. The molecule has 0 aromatic rings. The van der Waals surface area contributed by atoms with Crippen LogP contribution in [0.15, 0.2) is 24.9 Å². The van der Waals surface area contributed by atoms with Gasteiger partial charge in [-0.15, -0.1) is 0 Å². The first-order chi connectivity index (χ1) is 9.54. The summed E-state index contributed by atoms with van der Waals surface area (Å²) in [4.78, 5) is 23.5. The fourth-order valence-electron chi connectivity index (χ4n) is 1.65. The van der Waals surface area contributed by atoms with E-state index in [9.17, 15) is 9.59 Å². The van der Waals surface area contributed by atoms with E-state index in [-0.39, 0.29) is 18.0 Å². The van der Waals surface area contributed by atoms with Crippen molar-refractivity contribution in [2.75, 3.05) is 19.8 Å². The second kappa shape index (κ2) is 8.53. The lowest BCUT2D eigenvalue weighted by Gasteiger charge is -2.13. The van der Waals surface area contributed by atoms with Gasteiger partial charge in [-0.2, -0.15) is 0 Å². The van der Waals surface area contributed by atoms with Gasteiger partial charge in [0.15, 0.2) is 0 Å². The highest BCUT2D eigenvalue weighted by molar-refractivity contribution is 5.86. The molecule has 20 heavy (non-hydrogen) atoms. The average molecular weight is 281 g/mol. The number of hydrogen-bond donors (Lipinski definition) is 0. The Labute approximate surface area is 120 Å². The van der Waals surface area contributed by atoms with Crippen LogP contribution in [0.4, 0.5) is 0 Å². The molecule has 2 fully saturated rings. The molecule has 1 atom stereocenters. The lowest BCUT2D eigenvalue weighted by atomic mass is 10.2. The first-order valence-electron chi connectivity index (χ1n) is 6.91. The summed E-state index contributed by atoms with van der Waals surface area (Å²) in [6.07, 6.45) is 5.82. The molecular weight excluding hydrogens is 258 g/mol. The third-order valence-corrected chi connectivity index (χ3v) is 2.98. The monoisotopic (exact) mass is 281 g/mol. The largest absolute Gasteiger partial charge is 0.459 e. The maximum absolute atomic E-state index is 11.1. The number of rotatable bonds is 4. The molecular formula is C15H23NO4. The van der Waals surface area contributed by atoms with Crippen LogP contribution in [0.3, 0.4) is 0 Å². The van der Waals surface area contributed by atoms with Crippen LogP contribution in [0.2, 0.25) is 0 Å². The van der Waals surface area contributed by atoms with Crippen LogP contribution >= 0.6 is 0 Å². The summed E-state index contributed by atoms with van der Waals surface area (Å²) in [6.45, 7) is 10.6. The maximum atomic E-state index is 11.1. The van der Waals surface area contributed by atoms with Gasteiger partial charge in [-0.1, -0.05) is 19.6 Å². The van der Waals surface area contributed by atoms with Gasteiger partial charge in [0.05, 0.1) is 6.61 Å². The van der Waals surface area contributed by atoms with Gasteiger partial charge in [0, 0.05) is 18.5 Å². The molecule has 5 nitrogen and oxygen atoms in total. The van der Waals surface area contributed by atoms with Gasteiger partial charge < -0.3 is 14.4 Å². The number of esters is 1. The summed E-state index contributed by atoms with van der Waals surface area (Å²) in [6, 6.07) is 0. The van der Waals surface area contributed by atoms with E-state index in [1.165, 1.54) is 6.42 Å². The number of hydrogen-bond acceptors (Lipinski definition) is 4. The van der Waals surface area contributed by atoms with Crippen molar-refractivity contribution < 1.29 is 19.1 Å². The Morgan fingerprint density at radius 1 is 1.50 bits per heavy atom. The number of carbonyl (C=O) groups excluding carboxylic acids is 2. The second-order valence-corrected chi connectivity index (χ2v) is 4.91. The standard InChI is InChI=1S/C8H13NO.C7H10O3/c1-2-9-7-5-3-4-6-8(9)10;1-5(2)7(8)10-4-6-3-9-6/h2H,1,3-7H2;6H,1,3-4H2,2H3. The highest BCUT2D eigenvalue weighted by Crippen LogP contribution is 2.10. The van der Waals surface area contributed by atoms with E-state index >= 15 is 0 Å². The second-order valence-electron chi connectivity index (χ2n) is 4.91. The number of nitrogens with zero attached hydrogens (tertiary/aromatic N) is 1. The Balaban J connectivity index is 0.000000200. The van der Waals surface area contributed by atoms with Crippen molar-refractivity contribution in [2.24, 2.45) is 0 Å². The van der Waals surface area contributed by atoms with Gasteiger partial charge in [-0.25, -0.2) is 4.79 Å². The van der Waals surface area contributed by atoms with E-state index in [2.05, 4.69) is 13.2 Å². The van der Waals surface area contributed by atoms with Gasteiger partial charge in [-0.05, 0) is 26.0 Å². The molecule has 2 rings (SSSR count). The lowest BCUT2D eigenvalue weighted by molar-refractivity contribution is -0.139. The van der Waals surface area contributed by atoms with Crippen LogP contribution < -0.4 is 0 Å². The highest BCUT2D eigenvalue weighted by atomic mass is 16.6. The summed E-state index contributed by atoms with van der Waals surface area (Å²) in [5.41, 5.74) is 0.431. The molecule has 0 aromatic heterocycles. The molecule has 2 saturated heterocycles. The van der Waals surface area contributed by atoms with Gasteiger partial charge in [-0.3, -0.25) is 4.79 Å². The summed E-state index contributed by atoms with van der Waals surface area (Å²) in [7, 11) is 0. The molecule has 2 heterocycles. The van der Waals surface area contributed by atoms with E-state index in [0.29, 0.717) is 25.2 Å². The molecule has 2 aliphatic rings. The molecule has 0 N–H and O–H groups in total. The summed E-state index contributed by atoms with van der Waals surface area (Å²) in [5.74, 6) is -0.108. The molecule has 0 radical (unpaired) electrons. The minimum Gasteiger partial charge on any atom is -0.459 e. The Bertz CT molecular complexity index is 374. The third-order valence-electron chi connectivity index (χ3n) is 2.98. The van der Waals surface area contributed by atoms with Crippen molar-refractivity contribution in [3.05, 3.63) is 24.9 Å². The predicted octanol–water partition coefficient (Wildman–Crippen LogP) is 2.04. The highest BCUT2D eigenvalue weighted by Gasteiger charge is 2.24. The van der Waals surface area contributed by atoms with Crippen molar-refractivity contribution in [1.82, 2.24) is 4.90 Å². The van der Waals surface area contributed by atoms with Crippen LogP contribution in [0, 0.1) is 0 Å². The van der Waals surface area contributed by atoms with Gasteiger partial charge in [0.25, 0.3) is 0 Å². The zero-order valence-corrected chi connectivity index (χ0v) is 12.1. The zero-order chi connectivity index (χ0) is 15.0. The Kier molecular flexibility index (Phi) is 7.01. The van der Waals surface area contributed by atoms with E-state index in [1.54, 1.807) is 18.0 Å². The van der Waals surface area contributed by atoms with E-state index < -0.39 is 0 Å². The molecule has 0 spiro atoms. The van der Waals surface area contributed by atoms with E-state index in [0.717, 1.165) is 19.4 Å². The summed E-state index contributed by atoms with van der Waals surface area (Å²) >= 11 is 0. The smallest absolute Gasteiger partial charge is 0.333 e. The first kappa shape index (κ1) is 16.4. The normalized spacial score (nSPS) is 21.1. The van der Waals surface area contributed by atoms with Crippen LogP contribution in [0.5, 0.6) is 0 Å². The Morgan fingerprint density at radius 3 is 2.75 bits per heavy atom. The molecule has 112 valence electrons. The first-order valence-corrected chi connectivity index (χ1v) is 6.91. The third kappa shape index (κ3) is 6.52. The van der Waals surface area contributed by atoms with Gasteiger partial charge in [0.2, 0.25) is 5.91 Å². The van der Waals surface area contributed by atoms with Crippen molar-refractivity contribution in [1.29, 1.82) is 0 Å². The molecule has 0 aromatic carbocycles. The fourth-order valence-corrected chi connectivity index (χ4v) is 1.65. The average Bonchev–Trinajstić information content (AvgIpc) is 3.24. The summed E-state index contributed by atoms with van der Waals surface area (Å²) in [5, 5.41) is 0. The minimum absolute atomic E-state index is 0.142. The summed E-state index contributed by atoms with van der Waals surface area (Å²) < 4.78 is 9.60. The predicted molar refractivity (Wildman–Crippen MR) is 75.9 cm³/mol. The van der Waals surface area contributed by atoms with E-state index in [4.69, 9.17) is 9.47 Å². The number of amides is 1. The van der Waals surface area contributed by atoms with Crippen molar-refractivity contribution in [3.8, 4) is 0 Å². The van der Waals surface area contributed by atoms with Crippen LogP contribution in [0.1, 0.15) is 32.6 Å². The molecule has 5 heteroatoms. The van der Waals surface area contributed by atoms with E-state index in [1.807, 2.05) is 0 Å². The van der Waals surface area contributed by atoms with Crippen molar-refractivity contribution >= 4 is 11.9 Å². The quantitative estimate of drug-likeness (QED) is 0.449. The molecule has 1 amide bonds. The minimum atomic E-state index is -0.337. The van der Waals surface area contributed by atoms with Gasteiger partial charge >= 0.3 is 5.97 Å². The molecule has 0 bridgehead atoms. The van der Waals surface area contributed by atoms with Crippen LogP contribution in [-0.4, -0.2) is 42.6 Å². The van der Waals surface area contributed by atoms with Crippen LogP contribution in [0.25, 0.3) is 0 Å². The fraction of sp³-hybridized carbons (Fsp3) is 0.600. The molecule has 0 aliphatic carbocycles. The van der Waals surface area contributed by atoms with Crippen molar-refractivity contribution in [3.63, 3.8) is 0 Å². The zero-order valence-electron chi connectivity index (χ0n) is 12.1. The Morgan fingerprint density at radius 2 is 2.20 bits per heavy atom. The van der Waals surface area contributed by atoms with Crippen LogP contribution in [-0.2, 0) is 19.1 Å².